The second-order valence-corrected chi connectivity index (χ2v) is 5.87. The standard InChI is InChI=1S/C18H19ClN2O2/c19-15-6-8-16(9-7-15)23-17(14-4-2-1-3-5-14)18(22)21-12-10-20-11-13-21/h1-9,17,20H,10-13H2. The van der Waals surface area contributed by atoms with Gasteiger partial charge >= 0.3 is 0 Å². The van der Waals surface area contributed by atoms with E-state index in [1.54, 1.807) is 24.3 Å². The molecule has 2 aromatic rings. The van der Waals surface area contributed by atoms with Crippen LogP contribution in [0.4, 0.5) is 0 Å². The molecule has 5 heteroatoms. The average molecular weight is 331 g/mol. The van der Waals surface area contributed by atoms with Gasteiger partial charge in [-0.3, -0.25) is 4.79 Å². The van der Waals surface area contributed by atoms with E-state index in [9.17, 15) is 4.79 Å². The summed E-state index contributed by atoms with van der Waals surface area (Å²) in [7, 11) is 0. The normalized spacial score (nSPS) is 16.0. The van der Waals surface area contributed by atoms with Crippen molar-refractivity contribution in [2.75, 3.05) is 26.2 Å². The van der Waals surface area contributed by atoms with Crippen molar-refractivity contribution in [2.45, 2.75) is 6.10 Å². The fourth-order valence-electron chi connectivity index (χ4n) is 2.59. The van der Waals surface area contributed by atoms with Crippen LogP contribution in [-0.2, 0) is 4.79 Å². The lowest BCUT2D eigenvalue weighted by Crippen LogP contribution is -2.48. The topological polar surface area (TPSA) is 41.6 Å². The lowest BCUT2D eigenvalue weighted by Gasteiger charge is -2.31. The van der Waals surface area contributed by atoms with Crippen LogP contribution in [0.5, 0.6) is 5.75 Å². The minimum Gasteiger partial charge on any atom is -0.476 e. The third-order valence-electron chi connectivity index (χ3n) is 3.82. The molecule has 1 atom stereocenters. The van der Waals surface area contributed by atoms with Gasteiger partial charge in [0.1, 0.15) is 5.75 Å². The Hall–Kier alpha value is -2.04. The van der Waals surface area contributed by atoms with E-state index < -0.39 is 6.10 Å². The van der Waals surface area contributed by atoms with Crippen molar-refractivity contribution in [3.63, 3.8) is 0 Å². The van der Waals surface area contributed by atoms with Gasteiger partial charge in [-0.1, -0.05) is 41.9 Å². The van der Waals surface area contributed by atoms with Crippen molar-refractivity contribution >= 4 is 17.5 Å². The van der Waals surface area contributed by atoms with Gasteiger partial charge in [0.25, 0.3) is 5.91 Å². The van der Waals surface area contributed by atoms with E-state index in [0.29, 0.717) is 23.9 Å². The highest BCUT2D eigenvalue weighted by atomic mass is 35.5. The Labute approximate surface area is 141 Å². The van der Waals surface area contributed by atoms with Crippen molar-refractivity contribution < 1.29 is 9.53 Å². The zero-order valence-electron chi connectivity index (χ0n) is 12.7. The molecule has 1 N–H and O–H groups in total. The molecule has 1 unspecified atom stereocenters. The van der Waals surface area contributed by atoms with Crippen LogP contribution in [0.25, 0.3) is 0 Å². The second kappa shape index (κ2) is 7.49. The van der Waals surface area contributed by atoms with Crippen LogP contribution in [0, 0.1) is 0 Å². The first kappa shape index (κ1) is 15.8. The average Bonchev–Trinajstić information content (AvgIpc) is 2.62. The lowest BCUT2D eigenvalue weighted by atomic mass is 10.1. The van der Waals surface area contributed by atoms with Crippen LogP contribution in [-0.4, -0.2) is 37.0 Å². The van der Waals surface area contributed by atoms with E-state index in [2.05, 4.69) is 5.32 Å². The Morgan fingerprint density at radius 2 is 1.70 bits per heavy atom. The molecule has 4 nitrogen and oxygen atoms in total. The third kappa shape index (κ3) is 4.03. The predicted molar refractivity (Wildman–Crippen MR) is 90.7 cm³/mol. The summed E-state index contributed by atoms with van der Waals surface area (Å²) in [5, 5.41) is 3.90. The maximum absolute atomic E-state index is 12.9. The van der Waals surface area contributed by atoms with Crippen molar-refractivity contribution in [1.82, 2.24) is 10.2 Å². The third-order valence-corrected chi connectivity index (χ3v) is 4.07. The number of piperazine rings is 1. The molecule has 1 aliphatic rings. The zero-order chi connectivity index (χ0) is 16.1. The molecular formula is C18H19ClN2O2. The number of halogens is 1. The molecule has 1 fully saturated rings. The summed E-state index contributed by atoms with van der Waals surface area (Å²) in [4.78, 5) is 14.8. The van der Waals surface area contributed by atoms with Gasteiger partial charge in [0, 0.05) is 36.8 Å². The van der Waals surface area contributed by atoms with Crippen LogP contribution in [0.15, 0.2) is 54.6 Å². The van der Waals surface area contributed by atoms with Gasteiger partial charge in [-0.25, -0.2) is 0 Å². The van der Waals surface area contributed by atoms with Crippen LogP contribution >= 0.6 is 11.6 Å². The predicted octanol–water partition coefficient (Wildman–Crippen LogP) is 2.89. The largest absolute Gasteiger partial charge is 0.476 e. The zero-order valence-corrected chi connectivity index (χ0v) is 13.5. The van der Waals surface area contributed by atoms with Crippen molar-refractivity contribution in [1.29, 1.82) is 0 Å². The van der Waals surface area contributed by atoms with Crippen LogP contribution < -0.4 is 10.1 Å². The summed E-state index contributed by atoms with van der Waals surface area (Å²) in [5.74, 6) is 0.624. The van der Waals surface area contributed by atoms with E-state index in [-0.39, 0.29) is 5.91 Å². The number of nitrogens with zero attached hydrogens (tertiary/aromatic N) is 1. The molecular weight excluding hydrogens is 312 g/mol. The number of nitrogens with one attached hydrogen (secondary N) is 1. The van der Waals surface area contributed by atoms with Crippen LogP contribution in [0.2, 0.25) is 5.02 Å². The van der Waals surface area contributed by atoms with E-state index in [4.69, 9.17) is 16.3 Å². The highest BCUT2D eigenvalue weighted by molar-refractivity contribution is 6.30. The SMILES string of the molecule is O=C(C(Oc1ccc(Cl)cc1)c1ccccc1)N1CCNCC1. The fraction of sp³-hybridized carbons (Fsp3) is 0.278. The first-order valence-electron chi connectivity index (χ1n) is 7.71. The second-order valence-electron chi connectivity index (χ2n) is 5.44. The fourth-order valence-corrected chi connectivity index (χ4v) is 2.72. The van der Waals surface area contributed by atoms with Crippen molar-refractivity contribution in [3.05, 3.63) is 65.2 Å². The molecule has 1 heterocycles. The van der Waals surface area contributed by atoms with Gasteiger partial charge in [0.05, 0.1) is 0 Å². The number of carbonyl (C=O) groups is 1. The molecule has 1 saturated heterocycles. The Kier molecular flexibility index (Phi) is 5.16. The van der Waals surface area contributed by atoms with E-state index in [0.717, 1.165) is 18.7 Å². The molecule has 2 aromatic carbocycles. The molecule has 1 aliphatic heterocycles. The summed E-state index contributed by atoms with van der Waals surface area (Å²) < 4.78 is 6.00. The number of rotatable bonds is 4. The van der Waals surface area contributed by atoms with Crippen LogP contribution in [0.1, 0.15) is 11.7 Å². The summed E-state index contributed by atoms with van der Waals surface area (Å²) in [6.45, 7) is 3.03. The molecule has 1 amide bonds. The maximum Gasteiger partial charge on any atom is 0.268 e. The number of carbonyl (C=O) groups excluding carboxylic acids is 1. The number of ether oxygens (including phenoxy) is 1. The first-order valence-corrected chi connectivity index (χ1v) is 8.08. The molecule has 0 aromatic heterocycles. The van der Waals surface area contributed by atoms with Crippen molar-refractivity contribution in [3.8, 4) is 5.75 Å². The Morgan fingerprint density at radius 3 is 2.35 bits per heavy atom. The maximum atomic E-state index is 12.9. The van der Waals surface area contributed by atoms with Gasteiger partial charge in [-0.2, -0.15) is 0 Å². The summed E-state index contributed by atoms with van der Waals surface area (Å²) >= 11 is 5.91. The summed E-state index contributed by atoms with van der Waals surface area (Å²) in [6.07, 6.45) is -0.643. The number of hydrogen-bond acceptors (Lipinski definition) is 3. The molecule has 0 aliphatic carbocycles. The van der Waals surface area contributed by atoms with E-state index >= 15 is 0 Å². The molecule has 0 bridgehead atoms. The number of amides is 1. The molecule has 120 valence electrons. The minimum atomic E-state index is -0.643. The van der Waals surface area contributed by atoms with Gasteiger partial charge < -0.3 is 15.0 Å². The quantitative estimate of drug-likeness (QED) is 0.937. The summed E-state index contributed by atoms with van der Waals surface area (Å²) in [6, 6.07) is 16.7. The van der Waals surface area contributed by atoms with Gasteiger partial charge in [0.2, 0.25) is 6.10 Å². The van der Waals surface area contributed by atoms with E-state index in [1.165, 1.54) is 0 Å². The van der Waals surface area contributed by atoms with Gasteiger partial charge in [-0.05, 0) is 24.3 Å². The van der Waals surface area contributed by atoms with Gasteiger partial charge in [0.15, 0.2) is 0 Å². The van der Waals surface area contributed by atoms with E-state index in [1.807, 2.05) is 35.2 Å². The monoisotopic (exact) mass is 330 g/mol. The van der Waals surface area contributed by atoms with Crippen LogP contribution in [0.3, 0.4) is 0 Å². The van der Waals surface area contributed by atoms with Gasteiger partial charge in [-0.15, -0.1) is 0 Å². The first-order chi connectivity index (χ1) is 11.2. The Bertz CT molecular complexity index is 640. The summed E-state index contributed by atoms with van der Waals surface area (Å²) in [5.41, 5.74) is 0.853. The highest BCUT2D eigenvalue weighted by Gasteiger charge is 2.28. The Morgan fingerprint density at radius 1 is 1.04 bits per heavy atom. The molecule has 23 heavy (non-hydrogen) atoms. The molecule has 3 rings (SSSR count). The molecule has 0 radical (unpaired) electrons. The molecule has 0 saturated carbocycles. The smallest absolute Gasteiger partial charge is 0.268 e. The highest BCUT2D eigenvalue weighted by Crippen LogP contribution is 2.25. The lowest BCUT2D eigenvalue weighted by molar-refractivity contribution is -0.139. The molecule has 0 spiro atoms. The Balaban J connectivity index is 1.84. The van der Waals surface area contributed by atoms with Crippen molar-refractivity contribution in [2.24, 2.45) is 0 Å². The number of benzene rings is 2. The minimum absolute atomic E-state index is 0.00681. The number of hydrogen-bond donors (Lipinski definition) is 1.